The van der Waals surface area contributed by atoms with E-state index in [1.165, 1.54) is 6.07 Å². The molecule has 0 radical (unpaired) electrons. The fourth-order valence-electron chi connectivity index (χ4n) is 3.48. The summed E-state index contributed by atoms with van der Waals surface area (Å²) in [6.07, 6.45) is 1.59. The minimum atomic E-state index is -2.80. The van der Waals surface area contributed by atoms with Crippen molar-refractivity contribution in [2.75, 3.05) is 13.1 Å². The van der Waals surface area contributed by atoms with Crippen molar-refractivity contribution in [3.8, 4) is 0 Å². The molecule has 126 valence electrons. The molecule has 1 aromatic carbocycles. The molecule has 1 amide bonds. The molecule has 24 heavy (non-hydrogen) atoms. The van der Waals surface area contributed by atoms with Crippen LogP contribution in [0.4, 0.5) is 13.2 Å². The Morgan fingerprint density at radius 2 is 2.00 bits per heavy atom. The van der Waals surface area contributed by atoms with E-state index in [1.807, 2.05) is 0 Å². The lowest BCUT2D eigenvalue weighted by molar-refractivity contribution is -0.113. The molecule has 1 saturated heterocycles. The SMILES string of the molecule is O=C(c1cc2n(n1)CCCC2c1ccccc1F)N1CC(F)(F)C1. The molecule has 7 heteroatoms. The van der Waals surface area contributed by atoms with E-state index in [0.29, 0.717) is 12.1 Å². The molecule has 1 aromatic heterocycles. The maximum absolute atomic E-state index is 14.1. The lowest BCUT2D eigenvalue weighted by atomic mass is 9.88. The van der Waals surface area contributed by atoms with Crippen LogP contribution >= 0.6 is 0 Å². The largest absolute Gasteiger partial charge is 0.325 e. The van der Waals surface area contributed by atoms with Gasteiger partial charge in [-0.3, -0.25) is 9.48 Å². The van der Waals surface area contributed by atoms with Gasteiger partial charge in [-0.25, -0.2) is 13.2 Å². The van der Waals surface area contributed by atoms with Gasteiger partial charge in [0.15, 0.2) is 5.69 Å². The second-order valence-corrected chi connectivity index (χ2v) is 6.41. The number of hydrogen-bond donors (Lipinski definition) is 0. The minimum Gasteiger partial charge on any atom is -0.325 e. The molecule has 0 N–H and O–H groups in total. The fraction of sp³-hybridized carbons (Fsp3) is 0.412. The molecule has 0 bridgehead atoms. The Balaban J connectivity index is 1.64. The van der Waals surface area contributed by atoms with Gasteiger partial charge in [0.25, 0.3) is 11.8 Å². The Bertz CT molecular complexity index is 794. The summed E-state index contributed by atoms with van der Waals surface area (Å²) < 4.78 is 41.7. The zero-order valence-corrected chi connectivity index (χ0v) is 12.9. The van der Waals surface area contributed by atoms with Crippen LogP contribution in [0.15, 0.2) is 30.3 Å². The summed E-state index contributed by atoms with van der Waals surface area (Å²) in [7, 11) is 0. The van der Waals surface area contributed by atoms with E-state index in [-0.39, 0.29) is 17.4 Å². The molecule has 1 atom stereocenters. The van der Waals surface area contributed by atoms with E-state index in [1.54, 1.807) is 28.9 Å². The van der Waals surface area contributed by atoms with Crippen molar-refractivity contribution in [1.29, 1.82) is 0 Å². The van der Waals surface area contributed by atoms with Crippen LogP contribution in [0.25, 0.3) is 0 Å². The molecule has 0 saturated carbocycles. The Morgan fingerprint density at radius 1 is 1.25 bits per heavy atom. The molecular weight excluding hydrogens is 319 g/mol. The highest BCUT2D eigenvalue weighted by Crippen LogP contribution is 2.35. The number of fused-ring (bicyclic) bond motifs is 1. The number of benzene rings is 1. The third kappa shape index (κ3) is 2.48. The third-order valence-electron chi connectivity index (χ3n) is 4.66. The molecule has 2 aliphatic rings. The molecule has 2 aliphatic heterocycles. The predicted octanol–water partition coefficient (Wildman–Crippen LogP) is 3.04. The molecule has 4 nitrogen and oxygen atoms in total. The molecule has 4 rings (SSSR count). The van der Waals surface area contributed by atoms with Gasteiger partial charge in [0.2, 0.25) is 0 Å². The molecule has 1 unspecified atom stereocenters. The van der Waals surface area contributed by atoms with Crippen LogP contribution < -0.4 is 0 Å². The van der Waals surface area contributed by atoms with Gasteiger partial charge in [-0.05, 0) is 30.5 Å². The van der Waals surface area contributed by atoms with Crippen LogP contribution in [0.5, 0.6) is 0 Å². The van der Waals surface area contributed by atoms with E-state index >= 15 is 0 Å². The maximum atomic E-state index is 14.1. The summed E-state index contributed by atoms with van der Waals surface area (Å²) in [5.41, 5.74) is 1.50. The van der Waals surface area contributed by atoms with Crippen LogP contribution in [-0.4, -0.2) is 39.6 Å². The highest BCUT2D eigenvalue weighted by Gasteiger charge is 2.47. The average molecular weight is 335 g/mol. The molecular formula is C17H16F3N3O. The number of aromatic nitrogens is 2. The average Bonchev–Trinajstić information content (AvgIpc) is 2.96. The number of nitrogens with zero attached hydrogens (tertiary/aromatic N) is 3. The van der Waals surface area contributed by atoms with Gasteiger partial charge < -0.3 is 4.90 Å². The van der Waals surface area contributed by atoms with Crippen molar-refractivity contribution in [3.05, 3.63) is 53.1 Å². The second kappa shape index (κ2) is 5.36. The van der Waals surface area contributed by atoms with Crippen LogP contribution in [0, 0.1) is 5.82 Å². The van der Waals surface area contributed by atoms with Crippen molar-refractivity contribution in [3.63, 3.8) is 0 Å². The van der Waals surface area contributed by atoms with E-state index in [0.717, 1.165) is 23.4 Å². The van der Waals surface area contributed by atoms with E-state index < -0.39 is 24.9 Å². The van der Waals surface area contributed by atoms with Gasteiger partial charge in [0, 0.05) is 18.2 Å². The van der Waals surface area contributed by atoms with E-state index in [2.05, 4.69) is 5.10 Å². The zero-order chi connectivity index (χ0) is 16.9. The number of alkyl halides is 2. The first-order valence-corrected chi connectivity index (χ1v) is 7.94. The summed E-state index contributed by atoms with van der Waals surface area (Å²) in [5.74, 6) is -3.75. The van der Waals surface area contributed by atoms with Crippen LogP contribution in [0.1, 0.15) is 40.5 Å². The number of halogens is 3. The summed E-state index contributed by atoms with van der Waals surface area (Å²) in [4.78, 5) is 13.4. The van der Waals surface area contributed by atoms with Gasteiger partial charge >= 0.3 is 0 Å². The number of rotatable bonds is 2. The standard InChI is InChI=1S/C17H16F3N3O/c18-13-6-2-1-4-11(13)12-5-3-7-23-15(12)8-14(21-23)16(24)22-9-17(19,20)10-22/h1-2,4,6,8,12H,3,5,7,9-10H2. The van der Waals surface area contributed by atoms with Crippen molar-refractivity contribution in [2.45, 2.75) is 31.2 Å². The van der Waals surface area contributed by atoms with Crippen LogP contribution in [0.2, 0.25) is 0 Å². The van der Waals surface area contributed by atoms with Crippen LogP contribution in [-0.2, 0) is 6.54 Å². The number of carbonyl (C=O) groups excluding carboxylic acids is 1. The van der Waals surface area contributed by atoms with Gasteiger partial charge in [0.05, 0.1) is 13.1 Å². The Kier molecular flexibility index (Phi) is 3.40. The van der Waals surface area contributed by atoms with E-state index in [4.69, 9.17) is 0 Å². The first kappa shape index (κ1) is 15.2. The van der Waals surface area contributed by atoms with Crippen molar-refractivity contribution in [2.24, 2.45) is 0 Å². The van der Waals surface area contributed by atoms with Crippen LogP contribution in [0.3, 0.4) is 0 Å². The normalized spacial score (nSPS) is 22.0. The lowest BCUT2D eigenvalue weighted by Crippen LogP contribution is -2.58. The fourth-order valence-corrected chi connectivity index (χ4v) is 3.48. The smallest absolute Gasteiger partial charge is 0.282 e. The molecule has 0 spiro atoms. The van der Waals surface area contributed by atoms with Crippen molar-refractivity contribution in [1.82, 2.24) is 14.7 Å². The van der Waals surface area contributed by atoms with Crippen molar-refractivity contribution < 1.29 is 18.0 Å². The zero-order valence-electron chi connectivity index (χ0n) is 12.9. The molecule has 2 aromatic rings. The summed E-state index contributed by atoms with van der Waals surface area (Å²) >= 11 is 0. The highest BCUT2D eigenvalue weighted by atomic mass is 19.3. The van der Waals surface area contributed by atoms with Crippen molar-refractivity contribution >= 4 is 5.91 Å². The van der Waals surface area contributed by atoms with E-state index in [9.17, 15) is 18.0 Å². The van der Waals surface area contributed by atoms with Gasteiger partial charge in [-0.15, -0.1) is 0 Å². The van der Waals surface area contributed by atoms with Gasteiger partial charge in [-0.1, -0.05) is 18.2 Å². The first-order valence-electron chi connectivity index (χ1n) is 7.94. The summed E-state index contributed by atoms with van der Waals surface area (Å²) in [6, 6.07) is 8.19. The predicted molar refractivity (Wildman–Crippen MR) is 80.6 cm³/mol. The summed E-state index contributed by atoms with van der Waals surface area (Å²) in [5, 5.41) is 4.26. The maximum Gasteiger partial charge on any atom is 0.282 e. The van der Waals surface area contributed by atoms with Gasteiger partial charge in [-0.2, -0.15) is 5.10 Å². The second-order valence-electron chi connectivity index (χ2n) is 6.41. The first-order chi connectivity index (χ1) is 11.4. The highest BCUT2D eigenvalue weighted by molar-refractivity contribution is 5.93. The lowest BCUT2D eigenvalue weighted by Gasteiger charge is -2.38. The number of carbonyl (C=O) groups is 1. The number of amides is 1. The Morgan fingerprint density at radius 3 is 2.71 bits per heavy atom. The summed E-state index contributed by atoms with van der Waals surface area (Å²) in [6.45, 7) is -0.487. The number of aryl methyl sites for hydroxylation is 1. The molecule has 1 fully saturated rings. The minimum absolute atomic E-state index is 0.156. The topological polar surface area (TPSA) is 38.1 Å². The Hall–Kier alpha value is -2.31. The number of hydrogen-bond acceptors (Lipinski definition) is 2. The molecule has 0 aliphatic carbocycles. The Labute approximate surface area is 136 Å². The third-order valence-corrected chi connectivity index (χ3v) is 4.66. The van der Waals surface area contributed by atoms with Gasteiger partial charge in [0.1, 0.15) is 5.82 Å². The monoisotopic (exact) mass is 335 g/mol. The quantitative estimate of drug-likeness (QED) is 0.846. The molecule has 3 heterocycles. The number of likely N-dealkylation sites (tertiary alicyclic amines) is 1.